The largest absolute Gasteiger partial charge is 0.497 e. The normalized spacial score (nSPS) is 15.6. The lowest BCUT2D eigenvalue weighted by Crippen LogP contribution is -2.49. The minimum atomic E-state index is -0.180. The number of piperazine rings is 2. The highest BCUT2D eigenvalue weighted by Crippen LogP contribution is 2.30. The predicted octanol–water partition coefficient (Wildman–Crippen LogP) is 2.04. The molecule has 3 amide bonds. The second kappa shape index (κ2) is 12.4. The van der Waals surface area contributed by atoms with Crippen LogP contribution in [0.25, 0.3) is 0 Å². The first-order valence-corrected chi connectivity index (χ1v) is 14.1. The maximum absolute atomic E-state index is 13.2. The average molecular weight is 564 g/mol. The molecular weight excluding hydrogens is 530 g/mol. The summed E-state index contributed by atoms with van der Waals surface area (Å²) in [5, 5.41) is 10.3. The Morgan fingerprint density at radius 3 is 2.30 bits per heavy atom. The predicted molar refractivity (Wildman–Crippen MR) is 153 cm³/mol. The minimum Gasteiger partial charge on any atom is -0.497 e. The first-order valence-electron chi connectivity index (χ1n) is 13.3. The molecule has 11 nitrogen and oxygen atoms in total. The number of carbonyl (C=O) groups excluding carboxylic acids is 3. The fourth-order valence-corrected chi connectivity index (χ4v) is 5.57. The van der Waals surface area contributed by atoms with E-state index in [0.717, 1.165) is 41.6 Å². The van der Waals surface area contributed by atoms with E-state index in [4.69, 9.17) is 4.74 Å². The highest BCUT2D eigenvalue weighted by Gasteiger charge is 2.27. The molecule has 0 atom stereocenters. The van der Waals surface area contributed by atoms with Gasteiger partial charge in [-0.15, -0.1) is 5.10 Å². The van der Waals surface area contributed by atoms with Crippen LogP contribution in [0.1, 0.15) is 31.3 Å². The molecule has 210 valence electrons. The third-order valence-corrected chi connectivity index (χ3v) is 8.01. The molecule has 2 fully saturated rings. The smallest absolute Gasteiger partial charge is 0.267 e. The van der Waals surface area contributed by atoms with Crippen LogP contribution in [0.3, 0.4) is 0 Å². The van der Waals surface area contributed by atoms with E-state index in [1.807, 2.05) is 46.2 Å². The van der Waals surface area contributed by atoms with Crippen molar-refractivity contribution in [2.45, 2.75) is 13.3 Å². The first kappa shape index (κ1) is 27.5. The molecule has 0 spiro atoms. The number of hydrogen-bond acceptors (Lipinski definition) is 9. The Labute approximate surface area is 237 Å². The summed E-state index contributed by atoms with van der Waals surface area (Å²) in [5.74, 6) is 0.435. The Hall–Kier alpha value is -4.03. The molecule has 0 radical (unpaired) electrons. The Morgan fingerprint density at radius 1 is 0.950 bits per heavy atom. The van der Waals surface area contributed by atoms with Crippen LogP contribution in [-0.4, -0.2) is 96.6 Å². The quantitative estimate of drug-likeness (QED) is 0.448. The Kier molecular flexibility index (Phi) is 8.56. The van der Waals surface area contributed by atoms with Gasteiger partial charge in [0.1, 0.15) is 10.6 Å². The molecule has 0 aliphatic carbocycles. The number of anilines is 2. The zero-order valence-electron chi connectivity index (χ0n) is 22.7. The maximum Gasteiger partial charge on any atom is 0.267 e. The summed E-state index contributed by atoms with van der Waals surface area (Å²) in [7, 11) is 1.60. The number of rotatable bonds is 7. The summed E-state index contributed by atoms with van der Waals surface area (Å²) < 4.78 is 9.10. The lowest BCUT2D eigenvalue weighted by atomic mass is 10.1. The number of ether oxygens (including phenoxy) is 1. The summed E-state index contributed by atoms with van der Waals surface area (Å²) in [5.41, 5.74) is 3.44. The molecule has 2 N–H and O–H groups in total. The van der Waals surface area contributed by atoms with Crippen molar-refractivity contribution in [2.24, 2.45) is 0 Å². The molecule has 1 aromatic heterocycles. The van der Waals surface area contributed by atoms with Crippen LogP contribution >= 0.6 is 11.5 Å². The van der Waals surface area contributed by atoms with Crippen molar-refractivity contribution in [1.82, 2.24) is 24.7 Å². The van der Waals surface area contributed by atoms with E-state index in [0.29, 0.717) is 61.1 Å². The summed E-state index contributed by atoms with van der Waals surface area (Å²) in [4.78, 5) is 45.7. The van der Waals surface area contributed by atoms with Gasteiger partial charge in [0.2, 0.25) is 5.91 Å². The van der Waals surface area contributed by atoms with Gasteiger partial charge < -0.3 is 30.1 Å². The van der Waals surface area contributed by atoms with E-state index in [2.05, 4.69) is 25.1 Å². The molecule has 3 aromatic rings. The Morgan fingerprint density at radius 2 is 1.65 bits per heavy atom. The van der Waals surface area contributed by atoms with Gasteiger partial charge in [-0.3, -0.25) is 14.4 Å². The number of nitrogens with zero attached hydrogens (tertiary/aromatic N) is 5. The Balaban J connectivity index is 1.33. The van der Waals surface area contributed by atoms with Crippen LogP contribution in [0.2, 0.25) is 0 Å². The van der Waals surface area contributed by atoms with Crippen LogP contribution in [0.4, 0.5) is 11.4 Å². The van der Waals surface area contributed by atoms with Crippen molar-refractivity contribution in [3.05, 3.63) is 64.2 Å². The van der Waals surface area contributed by atoms with E-state index in [-0.39, 0.29) is 24.1 Å². The minimum absolute atomic E-state index is 0.0531. The monoisotopic (exact) mass is 563 g/mol. The second-order valence-corrected chi connectivity index (χ2v) is 10.6. The van der Waals surface area contributed by atoms with Gasteiger partial charge in [-0.25, -0.2) is 0 Å². The summed E-state index contributed by atoms with van der Waals surface area (Å²) in [6.45, 7) is 6.82. The van der Waals surface area contributed by atoms with Gasteiger partial charge in [-0.1, -0.05) is 16.6 Å². The summed E-state index contributed by atoms with van der Waals surface area (Å²) in [6.07, 6.45) is 0.184. The van der Waals surface area contributed by atoms with Crippen molar-refractivity contribution in [2.75, 3.05) is 69.7 Å². The van der Waals surface area contributed by atoms with Crippen LogP contribution in [-0.2, 0) is 11.2 Å². The zero-order valence-corrected chi connectivity index (χ0v) is 23.5. The molecule has 2 aliphatic rings. The van der Waals surface area contributed by atoms with E-state index in [9.17, 15) is 14.4 Å². The first-order chi connectivity index (χ1) is 19.4. The standard InChI is InChI=1S/C28H33N7O4S/c1-19-26(40-32-31-19)28(38)35-15-13-33(14-16-35)24-8-5-21(27(37)34-11-9-29-10-12-34)18-23(24)30-25(36)17-20-3-6-22(39-2)7-4-20/h3-8,18,29H,9-17H2,1-2H3,(H,30,36). The molecule has 2 aliphatic heterocycles. The average Bonchev–Trinajstić information content (AvgIpc) is 3.43. The van der Waals surface area contributed by atoms with E-state index >= 15 is 0 Å². The van der Waals surface area contributed by atoms with Crippen LogP contribution < -0.4 is 20.3 Å². The van der Waals surface area contributed by atoms with Crippen molar-refractivity contribution in [3.63, 3.8) is 0 Å². The van der Waals surface area contributed by atoms with Gasteiger partial charge in [0, 0.05) is 57.9 Å². The molecule has 2 aromatic carbocycles. The molecule has 12 heteroatoms. The van der Waals surface area contributed by atoms with Crippen LogP contribution in [0.15, 0.2) is 42.5 Å². The third-order valence-electron chi connectivity index (χ3n) is 7.20. The lowest BCUT2D eigenvalue weighted by Gasteiger charge is -2.37. The van der Waals surface area contributed by atoms with Crippen molar-refractivity contribution in [3.8, 4) is 5.75 Å². The highest BCUT2D eigenvalue weighted by atomic mass is 32.1. The Bertz CT molecular complexity index is 1360. The highest BCUT2D eigenvalue weighted by molar-refractivity contribution is 7.07. The molecule has 5 rings (SSSR count). The fraction of sp³-hybridized carbons (Fsp3) is 0.393. The third kappa shape index (κ3) is 6.23. The van der Waals surface area contributed by atoms with Crippen molar-refractivity contribution >= 4 is 40.6 Å². The number of methoxy groups -OCH3 is 1. The van der Waals surface area contributed by atoms with E-state index in [1.54, 1.807) is 20.1 Å². The molecule has 2 saturated heterocycles. The number of nitrogens with one attached hydrogen (secondary N) is 2. The number of hydrogen-bond donors (Lipinski definition) is 2. The van der Waals surface area contributed by atoms with E-state index in [1.165, 1.54) is 0 Å². The van der Waals surface area contributed by atoms with E-state index < -0.39 is 0 Å². The van der Waals surface area contributed by atoms with Gasteiger partial charge >= 0.3 is 0 Å². The van der Waals surface area contributed by atoms with Crippen molar-refractivity contribution in [1.29, 1.82) is 0 Å². The van der Waals surface area contributed by atoms with Crippen molar-refractivity contribution < 1.29 is 19.1 Å². The molecular formula is C28H33N7O4S. The summed E-state index contributed by atoms with van der Waals surface area (Å²) in [6, 6.07) is 12.9. The van der Waals surface area contributed by atoms with Crippen LogP contribution in [0, 0.1) is 6.92 Å². The number of carbonyl (C=O) groups is 3. The zero-order chi connectivity index (χ0) is 28.1. The molecule has 40 heavy (non-hydrogen) atoms. The molecule has 0 saturated carbocycles. The maximum atomic E-state index is 13.2. The van der Waals surface area contributed by atoms with Crippen LogP contribution in [0.5, 0.6) is 5.75 Å². The molecule has 0 unspecified atom stereocenters. The lowest BCUT2D eigenvalue weighted by molar-refractivity contribution is -0.115. The number of benzene rings is 2. The topological polar surface area (TPSA) is 120 Å². The number of aryl methyl sites for hydroxylation is 1. The van der Waals surface area contributed by atoms with Gasteiger partial charge in [-0.05, 0) is 54.4 Å². The van der Waals surface area contributed by atoms with Gasteiger partial charge in [0.25, 0.3) is 11.8 Å². The second-order valence-electron chi connectivity index (χ2n) is 9.81. The SMILES string of the molecule is COc1ccc(CC(=O)Nc2cc(C(=O)N3CCNCC3)ccc2N2CCN(C(=O)c3snnc3C)CC2)cc1. The number of aromatic nitrogens is 2. The van der Waals surface area contributed by atoms with Gasteiger partial charge in [0.15, 0.2) is 0 Å². The van der Waals surface area contributed by atoms with Gasteiger partial charge in [-0.2, -0.15) is 0 Å². The van der Waals surface area contributed by atoms with Gasteiger partial charge in [0.05, 0.1) is 30.6 Å². The molecule has 0 bridgehead atoms. The molecule has 3 heterocycles. The fourth-order valence-electron chi connectivity index (χ4n) is 4.94. The number of amides is 3. The summed E-state index contributed by atoms with van der Waals surface area (Å²) >= 11 is 1.12.